The first-order valence-corrected chi connectivity index (χ1v) is 9.12. The highest BCUT2D eigenvalue weighted by Gasteiger charge is 2.24. The van der Waals surface area contributed by atoms with Crippen molar-refractivity contribution in [2.75, 3.05) is 25.0 Å². The van der Waals surface area contributed by atoms with Crippen molar-refractivity contribution in [2.45, 2.75) is 39.2 Å². The Balaban J connectivity index is 1.95. The van der Waals surface area contributed by atoms with Crippen LogP contribution in [-0.4, -0.2) is 30.6 Å². The lowest BCUT2D eigenvalue weighted by atomic mass is 9.91. The molecule has 20 heavy (non-hydrogen) atoms. The third-order valence-electron chi connectivity index (χ3n) is 4.10. The first kappa shape index (κ1) is 16.3. The maximum absolute atomic E-state index is 3.68. The van der Waals surface area contributed by atoms with Crippen molar-refractivity contribution < 1.29 is 0 Å². The van der Waals surface area contributed by atoms with Gasteiger partial charge in [0, 0.05) is 27.2 Å². The van der Waals surface area contributed by atoms with Gasteiger partial charge in [0.1, 0.15) is 0 Å². The van der Waals surface area contributed by atoms with E-state index >= 15 is 0 Å². The standard InChI is InChI=1S/C16H24Br2N2/c1-3-8-20-9-4-5-13(11-20)12(2)19-16-7-6-14(17)10-15(16)18/h6-7,10,12-13,19H,3-5,8-9,11H2,1-2H3. The van der Waals surface area contributed by atoms with Crippen LogP contribution in [0.1, 0.15) is 33.1 Å². The van der Waals surface area contributed by atoms with Gasteiger partial charge >= 0.3 is 0 Å². The van der Waals surface area contributed by atoms with Gasteiger partial charge in [-0.15, -0.1) is 0 Å². The average Bonchev–Trinajstić information content (AvgIpc) is 2.42. The zero-order chi connectivity index (χ0) is 14.5. The van der Waals surface area contributed by atoms with Gasteiger partial charge in [-0.25, -0.2) is 0 Å². The van der Waals surface area contributed by atoms with Crippen LogP contribution in [0, 0.1) is 5.92 Å². The molecule has 1 aliphatic rings. The van der Waals surface area contributed by atoms with E-state index in [9.17, 15) is 0 Å². The molecule has 2 rings (SSSR count). The van der Waals surface area contributed by atoms with Crippen molar-refractivity contribution in [3.63, 3.8) is 0 Å². The van der Waals surface area contributed by atoms with Gasteiger partial charge in [0.15, 0.2) is 0 Å². The predicted molar refractivity (Wildman–Crippen MR) is 94.4 cm³/mol. The van der Waals surface area contributed by atoms with Gasteiger partial charge in [0.25, 0.3) is 0 Å². The fraction of sp³-hybridized carbons (Fsp3) is 0.625. The molecule has 0 aliphatic carbocycles. The number of rotatable bonds is 5. The molecule has 4 heteroatoms. The SMILES string of the molecule is CCCN1CCCC(C(C)Nc2ccc(Br)cc2Br)C1. The Hall–Kier alpha value is -0.0600. The van der Waals surface area contributed by atoms with E-state index in [1.165, 1.54) is 44.6 Å². The quantitative estimate of drug-likeness (QED) is 0.732. The smallest absolute Gasteiger partial charge is 0.0487 e. The maximum Gasteiger partial charge on any atom is 0.0487 e. The van der Waals surface area contributed by atoms with Gasteiger partial charge in [-0.2, -0.15) is 0 Å². The van der Waals surface area contributed by atoms with Gasteiger partial charge < -0.3 is 10.2 Å². The van der Waals surface area contributed by atoms with Crippen molar-refractivity contribution in [3.8, 4) is 0 Å². The van der Waals surface area contributed by atoms with Gasteiger partial charge in [0.2, 0.25) is 0 Å². The van der Waals surface area contributed by atoms with Gasteiger partial charge in [-0.3, -0.25) is 0 Å². The number of benzene rings is 1. The second kappa shape index (κ2) is 7.81. The highest BCUT2D eigenvalue weighted by molar-refractivity contribution is 9.11. The normalized spacial score (nSPS) is 21.7. The van der Waals surface area contributed by atoms with E-state index in [1.54, 1.807) is 0 Å². The summed E-state index contributed by atoms with van der Waals surface area (Å²) < 4.78 is 2.23. The number of hydrogen-bond acceptors (Lipinski definition) is 2. The molecule has 1 aliphatic heterocycles. The van der Waals surface area contributed by atoms with Gasteiger partial charge in [-0.05, 0) is 79.3 Å². The number of piperidine rings is 1. The fourth-order valence-electron chi connectivity index (χ4n) is 2.99. The Morgan fingerprint density at radius 3 is 2.90 bits per heavy atom. The monoisotopic (exact) mass is 402 g/mol. The summed E-state index contributed by atoms with van der Waals surface area (Å²) >= 11 is 7.13. The highest BCUT2D eigenvalue weighted by Crippen LogP contribution is 2.29. The number of anilines is 1. The van der Waals surface area contributed by atoms with Crippen molar-refractivity contribution >= 4 is 37.5 Å². The number of hydrogen-bond donors (Lipinski definition) is 1. The van der Waals surface area contributed by atoms with Gasteiger partial charge in [0.05, 0.1) is 0 Å². The lowest BCUT2D eigenvalue weighted by Gasteiger charge is -2.36. The summed E-state index contributed by atoms with van der Waals surface area (Å²) in [7, 11) is 0. The molecule has 2 atom stereocenters. The van der Waals surface area contributed by atoms with E-state index in [2.05, 4.69) is 74.1 Å². The minimum atomic E-state index is 0.507. The number of halogens is 2. The number of nitrogens with one attached hydrogen (secondary N) is 1. The van der Waals surface area contributed by atoms with Crippen molar-refractivity contribution in [3.05, 3.63) is 27.1 Å². The third kappa shape index (κ3) is 4.47. The van der Waals surface area contributed by atoms with E-state index < -0.39 is 0 Å². The Bertz CT molecular complexity index is 434. The topological polar surface area (TPSA) is 15.3 Å². The molecule has 0 amide bonds. The molecule has 1 fully saturated rings. The van der Waals surface area contributed by atoms with Crippen LogP contribution in [0.25, 0.3) is 0 Å². The Kier molecular flexibility index (Phi) is 6.37. The van der Waals surface area contributed by atoms with E-state index in [-0.39, 0.29) is 0 Å². The summed E-state index contributed by atoms with van der Waals surface area (Å²) in [6, 6.07) is 6.83. The molecule has 1 heterocycles. The Labute approximate surface area is 139 Å². The van der Waals surface area contributed by atoms with Crippen LogP contribution in [0.15, 0.2) is 27.1 Å². The Morgan fingerprint density at radius 1 is 1.40 bits per heavy atom. The lowest BCUT2D eigenvalue weighted by Crippen LogP contribution is -2.42. The summed E-state index contributed by atoms with van der Waals surface area (Å²) in [4.78, 5) is 2.61. The largest absolute Gasteiger partial charge is 0.381 e. The number of likely N-dealkylation sites (tertiary alicyclic amines) is 1. The van der Waals surface area contributed by atoms with E-state index in [4.69, 9.17) is 0 Å². The molecular weight excluding hydrogens is 380 g/mol. The molecule has 0 saturated carbocycles. The molecule has 2 unspecified atom stereocenters. The first-order valence-electron chi connectivity index (χ1n) is 7.54. The van der Waals surface area contributed by atoms with E-state index in [0.29, 0.717) is 6.04 Å². The van der Waals surface area contributed by atoms with Crippen LogP contribution < -0.4 is 5.32 Å². The second-order valence-electron chi connectivity index (χ2n) is 5.76. The fourth-order valence-corrected chi connectivity index (χ4v) is 4.15. The molecule has 1 aromatic rings. The second-order valence-corrected chi connectivity index (χ2v) is 7.53. The van der Waals surface area contributed by atoms with E-state index in [1.807, 2.05) is 0 Å². The summed E-state index contributed by atoms with van der Waals surface area (Å²) in [6.45, 7) is 8.33. The molecule has 1 N–H and O–H groups in total. The van der Waals surface area contributed by atoms with E-state index in [0.717, 1.165) is 14.9 Å². The molecule has 1 saturated heterocycles. The zero-order valence-electron chi connectivity index (χ0n) is 12.3. The molecule has 1 aromatic carbocycles. The molecule has 0 spiro atoms. The van der Waals surface area contributed by atoms with Crippen LogP contribution in [0.2, 0.25) is 0 Å². The first-order chi connectivity index (χ1) is 9.60. The number of nitrogens with zero attached hydrogens (tertiary/aromatic N) is 1. The molecule has 0 bridgehead atoms. The minimum absolute atomic E-state index is 0.507. The maximum atomic E-state index is 3.68. The lowest BCUT2D eigenvalue weighted by molar-refractivity contribution is 0.165. The van der Waals surface area contributed by atoms with Crippen molar-refractivity contribution in [1.82, 2.24) is 4.90 Å². The van der Waals surface area contributed by atoms with Crippen LogP contribution in [-0.2, 0) is 0 Å². The molecule has 112 valence electrons. The van der Waals surface area contributed by atoms with Crippen LogP contribution >= 0.6 is 31.9 Å². The summed E-state index contributed by atoms with van der Waals surface area (Å²) in [5.41, 5.74) is 1.19. The zero-order valence-corrected chi connectivity index (χ0v) is 15.5. The summed E-state index contributed by atoms with van der Waals surface area (Å²) in [6.07, 6.45) is 3.92. The summed E-state index contributed by atoms with van der Waals surface area (Å²) in [5, 5.41) is 3.68. The summed E-state index contributed by atoms with van der Waals surface area (Å²) in [5.74, 6) is 0.742. The molecular formula is C16H24Br2N2. The average molecular weight is 404 g/mol. The third-order valence-corrected chi connectivity index (χ3v) is 5.25. The van der Waals surface area contributed by atoms with Crippen LogP contribution in [0.5, 0.6) is 0 Å². The van der Waals surface area contributed by atoms with Crippen LogP contribution in [0.3, 0.4) is 0 Å². The molecule has 0 aromatic heterocycles. The minimum Gasteiger partial charge on any atom is -0.381 e. The van der Waals surface area contributed by atoms with Gasteiger partial charge in [-0.1, -0.05) is 22.9 Å². The Morgan fingerprint density at radius 2 is 2.20 bits per heavy atom. The molecule has 0 radical (unpaired) electrons. The van der Waals surface area contributed by atoms with Crippen molar-refractivity contribution in [2.24, 2.45) is 5.92 Å². The van der Waals surface area contributed by atoms with Crippen LogP contribution in [0.4, 0.5) is 5.69 Å². The predicted octanol–water partition coefficient (Wildman–Crippen LogP) is 5.13. The molecule has 2 nitrogen and oxygen atoms in total. The van der Waals surface area contributed by atoms with Crippen molar-refractivity contribution in [1.29, 1.82) is 0 Å². The highest BCUT2D eigenvalue weighted by atomic mass is 79.9.